The number of alkyl halides is 1. The summed E-state index contributed by atoms with van der Waals surface area (Å²) in [5.74, 6) is -1.66. The minimum absolute atomic E-state index is 0.187. The molecule has 4 heteroatoms. The lowest BCUT2D eigenvalue weighted by Crippen LogP contribution is -2.00. The smallest absolute Gasteiger partial charge is 0.131 e. The van der Waals surface area contributed by atoms with Gasteiger partial charge < -0.3 is 0 Å². The lowest BCUT2D eigenvalue weighted by atomic mass is 10.00. The molecule has 0 nitrogen and oxygen atoms in total. The molecule has 0 N–H and O–H groups in total. The van der Waals surface area contributed by atoms with Crippen molar-refractivity contribution in [3.63, 3.8) is 0 Å². The fourth-order valence-electron chi connectivity index (χ4n) is 1.88. The molecule has 1 unspecified atom stereocenters. The van der Waals surface area contributed by atoms with Gasteiger partial charge in [-0.2, -0.15) is 0 Å². The maximum atomic E-state index is 13.7. The van der Waals surface area contributed by atoms with Gasteiger partial charge in [-0.25, -0.2) is 13.2 Å². The van der Waals surface area contributed by atoms with Gasteiger partial charge in [-0.1, -0.05) is 12.1 Å². The van der Waals surface area contributed by atoms with Gasteiger partial charge in [-0.15, -0.1) is 11.6 Å². The Balaban J connectivity index is 2.46. The number of aryl methyl sites for hydroxylation is 2. The van der Waals surface area contributed by atoms with E-state index in [0.717, 1.165) is 6.07 Å². The van der Waals surface area contributed by atoms with Crippen molar-refractivity contribution in [2.75, 3.05) is 0 Å². The van der Waals surface area contributed by atoms with E-state index in [-0.39, 0.29) is 11.4 Å². The van der Waals surface area contributed by atoms with Crippen molar-refractivity contribution in [1.29, 1.82) is 0 Å². The first-order valence-corrected chi connectivity index (χ1v) is 6.19. The van der Waals surface area contributed by atoms with Crippen molar-refractivity contribution in [2.24, 2.45) is 0 Å². The Morgan fingerprint density at radius 3 is 2.11 bits per heavy atom. The van der Waals surface area contributed by atoms with Crippen molar-refractivity contribution in [1.82, 2.24) is 0 Å². The summed E-state index contributed by atoms with van der Waals surface area (Å²) < 4.78 is 40.2. The molecule has 2 rings (SSSR count). The summed E-state index contributed by atoms with van der Waals surface area (Å²) in [6.45, 7) is 3.15. The molecule has 0 saturated heterocycles. The Morgan fingerprint density at radius 2 is 1.47 bits per heavy atom. The molecular formula is C15H12ClF3. The molecule has 0 aliphatic rings. The van der Waals surface area contributed by atoms with Crippen LogP contribution in [0.3, 0.4) is 0 Å². The van der Waals surface area contributed by atoms with Gasteiger partial charge in [0.05, 0.1) is 5.38 Å². The second-order valence-corrected chi connectivity index (χ2v) is 4.93. The van der Waals surface area contributed by atoms with Crippen LogP contribution in [0.15, 0.2) is 30.3 Å². The van der Waals surface area contributed by atoms with Crippen molar-refractivity contribution < 1.29 is 13.2 Å². The Morgan fingerprint density at radius 1 is 0.842 bits per heavy atom. The fraction of sp³-hybridized carbons (Fsp3) is 0.200. The maximum Gasteiger partial charge on any atom is 0.131 e. The third kappa shape index (κ3) is 2.76. The number of rotatable bonds is 2. The zero-order valence-electron chi connectivity index (χ0n) is 10.5. The molecule has 2 aromatic carbocycles. The first-order valence-electron chi connectivity index (χ1n) is 5.76. The Labute approximate surface area is 114 Å². The summed E-state index contributed by atoms with van der Waals surface area (Å²) >= 11 is 6.20. The summed E-state index contributed by atoms with van der Waals surface area (Å²) in [6.07, 6.45) is 0. The Kier molecular flexibility index (Phi) is 3.85. The van der Waals surface area contributed by atoms with Gasteiger partial charge >= 0.3 is 0 Å². The van der Waals surface area contributed by atoms with Crippen molar-refractivity contribution in [2.45, 2.75) is 19.2 Å². The van der Waals surface area contributed by atoms with Crippen LogP contribution in [0.1, 0.15) is 27.6 Å². The topological polar surface area (TPSA) is 0 Å². The molecular weight excluding hydrogens is 273 g/mol. The molecule has 0 saturated carbocycles. The zero-order chi connectivity index (χ0) is 14.2. The van der Waals surface area contributed by atoms with Crippen LogP contribution in [0.25, 0.3) is 0 Å². The van der Waals surface area contributed by atoms with E-state index in [1.807, 2.05) is 0 Å². The second-order valence-electron chi connectivity index (χ2n) is 4.49. The minimum Gasteiger partial charge on any atom is -0.207 e. The van der Waals surface area contributed by atoms with E-state index in [2.05, 4.69) is 0 Å². The van der Waals surface area contributed by atoms with Crippen LogP contribution in [0, 0.1) is 31.3 Å². The van der Waals surface area contributed by atoms with Crippen molar-refractivity contribution >= 4 is 11.6 Å². The van der Waals surface area contributed by atoms with E-state index in [1.54, 1.807) is 13.0 Å². The molecule has 0 fully saturated rings. The van der Waals surface area contributed by atoms with E-state index < -0.39 is 17.0 Å². The standard InChI is InChI=1S/C15H12ClF3/c1-8-5-10(3-4-12(8)17)15(16)11-6-9(2)13(18)7-14(11)19/h3-7,15H,1-2H3. The molecule has 1 atom stereocenters. The van der Waals surface area contributed by atoms with Gasteiger partial charge in [0, 0.05) is 11.6 Å². The third-order valence-corrected chi connectivity index (χ3v) is 3.51. The molecule has 0 radical (unpaired) electrons. The van der Waals surface area contributed by atoms with E-state index >= 15 is 0 Å². The third-order valence-electron chi connectivity index (χ3n) is 3.03. The number of hydrogen-bond donors (Lipinski definition) is 0. The average Bonchev–Trinajstić information content (AvgIpc) is 2.36. The molecule has 0 amide bonds. The van der Waals surface area contributed by atoms with E-state index in [0.29, 0.717) is 16.7 Å². The molecule has 0 heterocycles. The molecule has 0 spiro atoms. The Bertz CT molecular complexity index is 623. The molecule has 100 valence electrons. The monoisotopic (exact) mass is 284 g/mol. The van der Waals surface area contributed by atoms with Crippen LogP contribution in [-0.2, 0) is 0 Å². The van der Waals surface area contributed by atoms with E-state index in [9.17, 15) is 13.2 Å². The van der Waals surface area contributed by atoms with Crippen molar-refractivity contribution in [3.8, 4) is 0 Å². The lowest BCUT2D eigenvalue weighted by Gasteiger charge is -2.13. The summed E-state index contributed by atoms with van der Waals surface area (Å²) in [5, 5.41) is -0.779. The molecule has 0 aliphatic carbocycles. The number of halogens is 4. The largest absolute Gasteiger partial charge is 0.207 e. The van der Waals surface area contributed by atoms with Gasteiger partial charge in [-0.3, -0.25) is 0 Å². The van der Waals surface area contributed by atoms with Crippen LogP contribution >= 0.6 is 11.6 Å². The van der Waals surface area contributed by atoms with E-state index in [4.69, 9.17) is 11.6 Å². The molecule has 0 aliphatic heterocycles. The number of benzene rings is 2. The van der Waals surface area contributed by atoms with E-state index in [1.165, 1.54) is 25.1 Å². The first kappa shape index (κ1) is 13.9. The van der Waals surface area contributed by atoms with Gasteiger partial charge in [0.25, 0.3) is 0 Å². The van der Waals surface area contributed by atoms with Gasteiger partial charge in [-0.05, 0) is 42.7 Å². The highest BCUT2D eigenvalue weighted by molar-refractivity contribution is 6.22. The summed E-state index contributed by atoms with van der Waals surface area (Å²) in [6, 6.07) is 6.54. The summed E-state index contributed by atoms with van der Waals surface area (Å²) in [4.78, 5) is 0. The Hall–Kier alpha value is -1.48. The fourth-order valence-corrected chi connectivity index (χ4v) is 2.18. The van der Waals surface area contributed by atoms with Crippen LogP contribution in [0.4, 0.5) is 13.2 Å². The quantitative estimate of drug-likeness (QED) is 0.677. The summed E-state index contributed by atoms with van der Waals surface area (Å²) in [5.41, 5.74) is 1.51. The molecule has 0 bridgehead atoms. The normalized spacial score (nSPS) is 12.5. The highest BCUT2D eigenvalue weighted by Crippen LogP contribution is 2.32. The van der Waals surface area contributed by atoms with Crippen LogP contribution in [-0.4, -0.2) is 0 Å². The van der Waals surface area contributed by atoms with Crippen molar-refractivity contribution in [3.05, 3.63) is 70.0 Å². The average molecular weight is 285 g/mol. The molecule has 19 heavy (non-hydrogen) atoms. The highest BCUT2D eigenvalue weighted by Gasteiger charge is 2.18. The molecule has 2 aromatic rings. The SMILES string of the molecule is Cc1cc(C(Cl)c2cc(C)c(F)cc2F)ccc1F. The zero-order valence-corrected chi connectivity index (χ0v) is 11.2. The van der Waals surface area contributed by atoms with Gasteiger partial charge in [0.15, 0.2) is 0 Å². The number of hydrogen-bond acceptors (Lipinski definition) is 0. The van der Waals surface area contributed by atoms with Crippen LogP contribution in [0.5, 0.6) is 0 Å². The summed E-state index contributed by atoms with van der Waals surface area (Å²) in [7, 11) is 0. The predicted octanol–water partition coefficient (Wildman–Crippen LogP) is 5.05. The minimum atomic E-state index is -0.779. The maximum absolute atomic E-state index is 13.7. The van der Waals surface area contributed by atoms with Crippen LogP contribution < -0.4 is 0 Å². The predicted molar refractivity (Wildman–Crippen MR) is 69.9 cm³/mol. The molecule has 0 aromatic heterocycles. The van der Waals surface area contributed by atoms with Gasteiger partial charge in [0.2, 0.25) is 0 Å². The second kappa shape index (κ2) is 5.25. The highest BCUT2D eigenvalue weighted by atomic mass is 35.5. The van der Waals surface area contributed by atoms with Gasteiger partial charge in [0.1, 0.15) is 17.5 Å². The van der Waals surface area contributed by atoms with Crippen LogP contribution in [0.2, 0.25) is 0 Å². The first-order chi connectivity index (χ1) is 8.90. The lowest BCUT2D eigenvalue weighted by molar-refractivity contribution is 0.568.